The molecule has 7 heteroatoms. The minimum absolute atomic E-state index is 0.174. The van der Waals surface area contributed by atoms with Crippen molar-refractivity contribution >= 4 is 26.8 Å². The van der Waals surface area contributed by atoms with Crippen molar-refractivity contribution in [3.63, 3.8) is 0 Å². The molecule has 0 aliphatic carbocycles. The summed E-state index contributed by atoms with van der Waals surface area (Å²) in [7, 11) is -1.96. The summed E-state index contributed by atoms with van der Waals surface area (Å²) in [5.41, 5.74) is 1.97. The Bertz CT molecular complexity index is 769. The predicted molar refractivity (Wildman–Crippen MR) is 85.9 cm³/mol. The SMILES string of the molecule is CN(CC(=O)NCCc1cccc2cccnc12)S(C)(=O)=O. The molecule has 0 aliphatic rings. The van der Waals surface area contributed by atoms with E-state index in [0.29, 0.717) is 13.0 Å². The minimum Gasteiger partial charge on any atom is -0.355 e. The second kappa shape index (κ2) is 6.85. The Morgan fingerprint density at radius 1 is 1.27 bits per heavy atom. The van der Waals surface area contributed by atoms with Crippen molar-refractivity contribution in [3.05, 3.63) is 42.1 Å². The first-order valence-corrected chi connectivity index (χ1v) is 8.73. The average Bonchev–Trinajstić information content (AvgIpc) is 2.46. The molecule has 0 radical (unpaired) electrons. The summed E-state index contributed by atoms with van der Waals surface area (Å²) in [5.74, 6) is -0.318. The van der Waals surface area contributed by atoms with E-state index < -0.39 is 10.0 Å². The van der Waals surface area contributed by atoms with Crippen molar-refractivity contribution in [3.8, 4) is 0 Å². The fourth-order valence-electron chi connectivity index (χ4n) is 2.08. The molecular formula is C15H19N3O3S. The molecule has 1 heterocycles. The molecule has 1 aromatic heterocycles. The molecule has 0 aliphatic heterocycles. The maximum Gasteiger partial charge on any atom is 0.235 e. The molecule has 6 nitrogen and oxygen atoms in total. The van der Waals surface area contributed by atoms with Crippen LogP contribution in [0.1, 0.15) is 5.56 Å². The first kappa shape index (κ1) is 16.4. The van der Waals surface area contributed by atoms with E-state index in [2.05, 4.69) is 10.3 Å². The molecule has 0 spiro atoms. The highest BCUT2D eigenvalue weighted by atomic mass is 32.2. The summed E-state index contributed by atoms with van der Waals surface area (Å²) in [6, 6.07) is 9.80. The van der Waals surface area contributed by atoms with Gasteiger partial charge in [0.2, 0.25) is 15.9 Å². The van der Waals surface area contributed by atoms with Gasteiger partial charge in [0, 0.05) is 25.2 Å². The van der Waals surface area contributed by atoms with Gasteiger partial charge in [-0.25, -0.2) is 8.42 Å². The summed E-state index contributed by atoms with van der Waals surface area (Å²) < 4.78 is 23.5. The highest BCUT2D eigenvalue weighted by Crippen LogP contribution is 2.15. The number of aromatic nitrogens is 1. The molecule has 1 aromatic carbocycles. The normalized spacial score (nSPS) is 11.8. The molecule has 0 fully saturated rings. The fraction of sp³-hybridized carbons (Fsp3) is 0.333. The number of carbonyl (C=O) groups is 1. The van der Waals surface area contributed by atoms with Crippen LogP contribution in [0.3, 0.4) is 0 Å². The Kier molecular flexibility index (Phi) is 5.10. The Hall–Kier alpha value is -1.99. The molecule has 0 saturated heterocycles. The van der Waals surface area contributed by atoms with Crippen LogP contribution in [0.25, 0.3) is 10.9 Å². The molecule has 22 heavy (non-hydrogen) atoms. The number of benzene rings is 1. The van der Waals surface area contributed by atoms with Gasteiger partial charge in [-0.15, -0.1) is 0 Å². The summed E-state index contributed by atoms with van der Waals surface area (Å²) >= 11 is 0. The summed E-state index contributed by atoms with van der Waals surface area (Å²) in [5, 5.41) is 3.78. The maximum absolute atomic E-state index is 11.7. The molecule has 0 unspecified atom stereocenters. The summed E-state index contributed by atoms with van der Waals surface area (Å²) in [4.78, 5) is 16.1. The summed E-state index contributed by atoms with van der Waals surface area (Å²) in [6.07, 6.45) is 3.45. The van der Waals surface area contributed by atoms with Gasteiger partial charge in [0.1, 0.15) is 0 Å². The van der Waals surface area contributed by atoms with Crippen LogP contribution in [0.2, 0.25) is 0 Å². The van der Waals surface area contributed by atoms with Gasteiger partial charge < -0.3 is 5.32 Å². The zero-order valence-corrected chi connectivity index (χ0v) is 13.4. The number of sulfonamides is 1. The quantitative estimate of drug-likeness (QED) is 0.853. The Morgan fingerprint density at radius 2 is 2.00 bits per heavy atom. The number of pyridine rings is 1. The first-order valence-electron chi connectivity index (χ1n) is 6.88. The molecule has 1 N–H and O–H groups in total. The molecule has 118 valence electrons. The third kappa shape index (κ3) is 4.25. The van der Waals surface area contributed by atoms with Crippen molar-refractivity contribution in [2.75, 3.05) is 26.4 Å². The standard InChI is InChI=1S/C15H19N3O3S/c1-18(22(2,20)21)11-14(19)16-10-8-13-6-3-5-12-7-4-9-17-15(12)13/h3-7,9H,8,10-11H2,1-2H3,(H,16,19). The number of nitrogens with one attached hydrogen (secondary N) is 1. The van der Waals surface area contributed by atoms with Crippen molar-refractivity contribution < 1.29 is 13.2 Å². The van der Waals surface area contributed by atoms with Crippen molar-refractivity contribution in [1.82, 2.24) is 14.6 Å². The van der Waals surface area contributed by atoms with Crippen LogP contribution < -0.4 is 5.32 Å². The van der Waals surface area contributed by atoms with Crippen LogP contribution in [0.5, 0.6) is 0 Å². The number of carbonyl (C=O) groups excluding carboxylic acids is 1. The number of hydrogen-bond donors (Lipinski definition) is 1. The van der Waals surface area contributed by atoms with E-state index in [1.54, 1.807) is 6.20 Å². The van der Waals surface area contributed by atoms with Crippen LogP contribution in [0.15, 0.2) is 36.5 Å². The first-order chi connectivity index (χ1) is 10.4. The van der Waals surface area contributed by atoms with Gasteiger partial charge in [-0.3, -0.25) is 9.78 Å². The largest absolute Gasteiger partial charge is 0.355 e. The van der Waals surface area contributed by atoms with E-state index in [0.717, 1.165) is 27.0 Å². The third-order valence-electron chi connectivity index (χ3n) is 3.37. The second-order valence-electron chi connectivity index (χ2n) is 5.11. The smallest absolute Gasteiger partial charge is 0.235 e. The lowest BCUT2D eigenvalue weighted by molar-refractivity contribution is -0.121. The lowest BCUT2D eigenvalue weighted by Crippen LogP contribution is -2.38. The van der Waals surface area contributed by atoms with Gasteiger partial charge in [0.15, 0.2) is 0 Å². The lowest BCUT2D eigenvalue weighted by Gasteiger charge is -2.13. The van der Waals surface area contributed by atoms with E-state index >= 15 is 0 Å². The van der Waals surface area contributed by atoms with Gasteiger partial charge in [-0.2, -0.15) is 4.31 Å². The van der Waals surface area contributed by atoms with Gasteiger partial charge in [-0.1, -0.05) is 24.3 Å². The van der Waals surface area contributed by atoms with Crippen LogP contribution in [0, 0.1) is 0 Å². The number of amides is 1. The van der Waals surface area contributed by atoms with Crippen LogP contribution >= 0.6 is 0 Å². The number of para-hydroxylation sites is 1. The Morgan fingerprint density at radius 3 is 2.73 bits per heavy atom. The molecule has 0 bridgehead atoms. The predicted octanol–water partition coefficient (Wildman–Crippen LogP) is 0.785. The van der Waals surface area contributed by atoms with E-state index in [1.165, 1.54) is 7.05 Å². The maximum atomic E-state index is 11.7. The van der Waals surface area contributed by atoms with Gasteiger partial charge >= 0.3 is 0 Å². The second-order valence-corrected chi connectivity index (χ2v) is 7.20. The van der Waals surface area contributed by atoms with Crippen LogP contribution in [0.4, 0.5) is 0 Å². The molecule has 2 rings (SSSR count). The number of hydrogen-bond acceptors (Lipinski definition) is 4. The van der Waals surface area contributed by atoms with Gasteiger partial charge in [0.05, 0.1) is 18.3 Å². The van der Waals surface area contributed by atoms with Crippen molar-refractivity contribution in [2.45, 2.75) is 6.42 Å². The summed E-state index contributed by atoms with van der Waals surface area (Å²) in [6.45, 7) is 0.263. The number of nitrogens with zero attached hydrogens (tertiary/aromatic N) is 2. The fourth-order valence-corrected chi connectivity index (χ4v) is 2.43. The number of likely N-dealkylation sites (N-methyl/N-ethyl adjacent to an activating group) is 1. The van der Waals surface area contributed by atoms with E-state index in [9.17, 15) is 13.2 Å². The topological polar surface area (TPSA) is 79.4 Å². The van der Waals surface area contributed by atoms with Crippen molar-refractivity contribution in [2.24, 2.45) is 0 Å². The zero-order chi connectivity index (χ0) is 16.2. The highest BCUT2D eigenvalue weighted by Gasteiger charge is 2.14. The molecule has 2 aromatic rings. The third-order valence-corrected chi connectivity index (χ3v) is 4.63. The number of rotatable bonds is 6. The van der Waals surface area contributed by atoms with E-state index in [1.807, 2.05) is 30.3 Å². The van der Waals surface area contributed by atoms with Crippen molar-refractivity contribution in [1.29, 1.82) is 0 Å². The van der Waals surface area contributed by atoms with Gasteiger partial charge in [-0.05, 0) is 18.1 Å². The monoisotopic (exact) mass is 321 g/mol. The minimum atomic E-state index is -3.34. The van der Waals surface area contributed by atoms with Gasteiger partial charge in [0.25, 0.3) is 0 Å². The zero-order valence-electron chi connectivity index (χ0n) is 12.6. The Labute approximate surface area is 130 Å². The molecule has 0 atom stereocenters. The molecule has 1 amide bonds. The van der Waals surface area contributed by atoms with Crippen LogP contribution in [-0.2, 0) is 21.2 Å². The average molecular weight is 321 g/mol. The molecular weight excluding hydrogens is 302 g/mol. The molecule has 0 saturated carbocycles. The van der Waals surface area contributed by atoms with Crippen LogP contribution in [-0.4, -0.2) is 50.0 Å². The lowest BCUT2D eigenvalue weighted by atomic mass is 10.1. The highest BCUT2D eigenvalue weighted by molar-refractivity contribution is 7.88. The van der Waals surface area contributed by atoms with E-state index in [4.69, 9.17) is 0 Å². The Balaban J connectivity index is 1.92. The number of fused-ring (bicyclic) bond motifs is 1. The van der Waals surface area contributed by atoms with E-state index in [-0.39, 0.29) is 12.5 Å².